The lowest BCUT2D eigenvalue weighted by atomic mass is 10.0. The van der Waals surface area contributed by atoms with Crippen LogP contribution in [0.2, 0.25) is 0 Å². The molecule has 1 aliphatic heterocycles. The summed E-state index contributed by atoms with van der Waals surface area (Å²) in [6.07, 6.45) is -0.759. The zero-order valence-electron chi connectivity index (χ0n) is 12.7. The second-order valence-corrected chi connectivity index (χ2v) is 5.64. The highest BCUT2D eigenvalue weighted by atomic mass is 16.6. The van der Waals surface area contributed by atoms with Crippen LogP contribution < -0.4 is 5.32 Å². The summed E-state index contributed by atoms with van der Waals surface area (Å²) in [5, 5.41) is 12.1. The first kappa shape index (κ1) is 17.2. The van der Waals surface area contributed by atoms with Gasteiger partial charge < -0.3 is 19.9 Å². The molecule has 2 unspecified atom stereocenters. The average Bonchev–Trinajstić information content (AvgIpc) is 2.35. The molecule has 1 aliphatic rings. The predicted octanol–water partition coefficient (Wildman–Crippen LogP) is 0.212. The van der Waals surface area contributed by atoms with E-state index in [1.165, 1.54) is 0 Å². The molecule has 1 amide bonds. The molecule has 21 heavy (non-hydrogen) atoms. The third-order valence-corrected chi connectivity index (χ3v) is 2.79. The average molecular weight is 302 g/mol. The number of nitrogens with one attached hydrogen (secondary N) is 1. The smallest absolute Gasteiger partial charge is 0.411 e. The number of esters is 1. The van der Waals surface area contributed by atoms with Crippen LogP contribution in [0.1, 0.15) is 27.7 Å². The molecule has 8 nitrogen and oxygen atoms in total. The van der Waals surface area contributed by atoms with Gasteiger partial charge in [-0.3, -0.25) is 9.69 Å². The first-order chi connectivity index (χ1) is 9.67. The second-order valence-electron chi connectivity index (χ2n) is 5.64. The molecule has 0 saturated carbocycles. The number of rotatable bonds is 3. The molecule has 0 spiro atoms. The predicted molar refractivity (Wildman–Crippen MR) is 72.8 cm³/mol. The van der Waals surface area contributed by atoms with Gasteiger partial charge in [-0.25, -0.2) is 9.59 Å². The lowest BCUT2D eigenvalue weighted by Gasteiger charge is -2.38. The maximum atomic E-state index is 12.1. The number of nitrogens with zero attached hydrogens (tertiary/aromatic N) is 1. The highest BCUT2D eigenvalue weighted by Gasteiger charge is 2.45. The van der Waals surface area contributed by atoms with Crippen molar-refractivity contribution in [2.75, 3.05) is 19.7 Å². The van der Waals surface area contributed by atoms with Crippen LogP contribution in [-0.4, -0.2) is 65.4 Å². The van der Waals surface area contributed by atoms with Gasteiger partial charge in [-0.2, -0.15) is 0 Å². The van der Waals surface area contributed by atoms with Gasteiger partial charge in [0.25, 0.3) is 0 Å². The van der Waals surface area contributed by atoms with Crippen LogP contribution in [0.3, 0.4) is 0 Å². The summed E-state index contributed by atoms with van der Waals surface area (Å²) >= 11 is 0. The van der Waals surface area contributed by atoms with Crippen molar-refractivity contribution in [2.24, 2.45) is 0 Å². The fourth-order valence-electron chi connectivity index (χ4n) is 2.02. The number of carbonyl (C=O) groups excluding carboxylic acids is 2. The van der Waals surface area contributed by atoms with Gasteiger partial charge in [-0.15, -0.1) is 0 Å². The van der Waals surface area contributed by atoms with E-state index >= 15 is 0 Å². The van der Waals surface area contributed by atoms with E-state index in [0.717, 1.165) is 4.90 Å². The van der Waals surface area contributed by atoms with Crippen LogP contribution in [-0.2, 0) is 19.1 Å². The molecule has 2 N–H and O–H groups in total. The molecular weight excluding hydrogens is 280 g/mol. The largest absolute Gasteiger partial charge is 0.480 e. The summed E-state index contributed by atoms with van der Waals surface area (Å²) in [4.78, 5) is 36.5. The summed E-state index contributed by atoms with van der Waals surface area (Å²) < 4.78 is 10.0. The Morgan fingerprint density at radius 3 is 2.43 bits per heavy atom. The van der Waals surface area contributed by atoms with Crippen molar-refractivity contribution >= 4 is 18.0 Å². The third kappa shape index (κ3) is 4.59. The number of hydrogen-bond acceptors (Lipinski definition) is 6. The van der Waals surface area contributed by atoms with Crippen molar-refractivity contribution in [3.8, 4) is 0 Å². The molecule has 1 fully saturated rings. The molecule has 0 bridgehead atoms. The molecule has 0 aliphatic carbocycles. The molecule has 8 heteroatoms. The summed E-state index contributed by atoms with van der Waals surface area (Å²) in [6.45, 7) is 7.25. The SMILES string of the molecule is CCOC(=O)C1NCCN(C(=O)OC(C)(C)C)C1C(=O)O. The zero-order chi connectivity index (χ0) is 16.2. The number of ether oxygens (including phenoxy) is 2. The number of hydrogen-bond donors (Lipinski definition) is 2. The number of carbonyl (C=O) groups is 3. The molecule has 0 aromatic heterocycles. The van der Waals surface area contributed by atoms with Gasteiger partial charge in [0.2, 0.25) is 0 Å². The van der Waals surface area contributed by atoms with Crippen LogP contribution in [0.25, 0.3) is 0 Å². The van der Waals surface area contributed by atoms with E-state index in [-0.39, 0.29) is 19.7 Å². The van der Waals surface area contributed by atoms with Crippen molar-refractivity contribution < 1.29 is 29.0 Å². The molecule has 0 radical (unpaired) electrons. The summed E-state index contributed by atoms with van der Waals surface area (Å²) in [5.74, 6) is -1.98. The highest BCUT2D eigenvalue weighted by molar-refractivity contribution is 5.89. The van der Waals surface area contributed by atoms with E-state index in [9.17, 15) is 19.5 Å². The summed E-state index contributed by atoms with van der Waals surface area (Å²) in [6, 6.07) is -2.46. The first-order valence-electron chi connectivity index (χ1n) is 6.80. The second kappa shape index (κ2) is 6.75. The Morgan fingerprint density at radius 2 is 1.95 bits per heavy atom. The van der Waals surface area contributed by atoms with E-state index in [1.807, 2.05) is 0 Å². The van der Waals surface area contributed by atoms with Crippen LogP contribution in [0.15, 0.2) is 0 Å². The molecule has 0 aromatic carbocycles. The van der Waals surface area contributed by atoms with Gasteiger partial charge in [0.15, 0.2) is 6.04 Å². The topological polar surface area (TPSA) is 105 Å². The Balaban J connectivity index is 2.94. The Kier molecular flexibility index (Phi) is 5.54. The van der Waals surface area contributed by atoms with Crippen LogP contribution in [0, 0.1) is 0 Å². The Morgan fingerprint density at radius 1 is 1.33 bits per heavy atom. The molecular formula is C13H22N2O6. The first-order valence-corrected chi connectivity index (χ1v) is 6.80. The van der Waals surface area contributed by atoms with E-state index < -0.39 is 35.7 Å². The standard InChI is InChI=1S/C13H22N2O6/c1-5-20-11(18)8-9(10(16)17)15(7-6-14-8)12(19)21-13(2,3)4/h8-9,14H,5-7H2,1-4H3,(H,16,17). The molecule has 1 heterocycles. The minimum Gasteiger partial charge on any atom is -0.480 e. The molecule has 120 valence electrons. The van der Waals surface area contributed by atoms with E-state index in [1.54, 1.807) is 27.7 Å². The Labute approximate surface area is 123 Å². The van der Waals surface area contributed by atoms with Gasteiger partial charge >= 0.3 is 18.0 Å². The fraction of sp³-hybridized carbons (Fsp3) is 0.769. The normalized spacial score (nSPS) is 22.6. The lowest BCUT2D eigenvalue weighted by molar-refractivity contribution is -0.157. The highest BCUT2D eigenvalue weighted by Crippen LogP contribution is 2.17. The molecule has 0 aromatic rings. The van der Waals surface area contributed by atoms with Crippen LogP contribution in [0.5, 0.6) is 0 Å². The van der Waals surface area contributed by atoms with E-state index in [0.29, 0.717) is 0 Å². The quantitative estimate of drug-likeness (QED) is 0.718. The number of piperazine rings is 1. The number of carboxylic acids is 1. The fourth-order valence-corrected chi connectivity index (χ4v) is 2.02. The lowest BCUT2D eigenvalue weighted by Crippen LogP contribution is -2.65. The minimum atomic E-state index is -1.35. The monoisotopic (exact) mass is 302 g/mol. The number of aliphatic carboxylic acids is 1. The van der Waals surface area contributed by atoms with Crippen molar-refractivity contribution in [1.29, 1.82) is 0 Å². The van der Waals surface area contributed by atoms with Crippen molar-refractivity contribution in [2.45, 2.75) is 45.4 Å². The zero-order valence-corrected chi connectivity index (χ0v) is 12.7. The van der Waals surface area contributed by atoms with Gasteiger partial charge in [0.05, 0.1) is 6.61 Å². The van der Waals surface area contributed by atoms with Crippen molar-refractivity contribution in [3.05, 3.63) is 0 Å². The van der Waals surface area contributed by atoms with Crippen LogP contribution >= 0.6 is 0 Å². The van der Waals surface area contributed by atoms with Gasteiger partial charge in [-0.05, 0) is 27.7 Å². The summed E-state index contributed by atoms with van der Waals surface area (Å²) in [7, 11) is 0. The van der Waals surface area contributed by atoms with Crippen molar-refractivity contribution in [3.63, 3.8) is 0 Å². The maximum Gasteiger partial charge on any atom is 0.411 e. The third-order valence-electron chi connectivity index (χ3n) is 2.79. The van der Waals surface area contributed by atoms with Gasteiger partial charge in [-0.1, -0.05) is 0 Å². The molecule has 1 saturated heterocycles. The van der Waals surface area contributed by atoms with Gasteiger partial charge in [0, 0.05) is 13.1 Å². The van der Waals surface area contributed by atoms with E-state index in [2.05, 4.69) is 5.32 Å². The molecule has 1 rings (SSSR count). The Hall–Kier alpha value is -1.83. The van der Waals surface area contributed by atoms with Gasteiger partial charge in [0.1, 0.15) is 11.6 Å². The van der Waals surface area contributed by atoms with E-state index in [4.69, 9.17) is 9.47 Å². The molecule has 2 atom stereocenters. The number of carboxylic acid groups (broad SMARTS) is 1. The minimum absolute atomic E-state index is 0.135. The summed E-state index contributed by atoms with van der Waals surface area (Å²) in [5.41, 5.74) is -0.746. The number of amides is 1. The van der Waals surface area contributed by atoms with Crippen molar-refractivity contribution in [1.82, 2.24) is 10.2 Å². The van der Waals surface area contributed by atoms with Crippen LogP contribution in [0.4, 0.5) is 4.79 Å². The Bertz CT molecular complexity index is 417. The maximum absolute atomic E-state index is 12.1.